The average Bonchev–Trinajstić information content (AvgIpc) is 2.66. The zero-order chi connectivity index (χ0) is 17.5. The molecule has 132 valence electrons. The second kappa shape index (κ2) is 8.70. The van der Waals surface area contributed by atoms with Crippen LogP contribution < -0.4 is 10.1 Å². The zero-order valence-electron chi connectivity index (χ0n) is 15.0. The fraction of sp³-hybridized carbons (Fsp3) is 0.409. The Hall–Kier alpha value is -2.29. The summed E-state index contributed by atoms with van der Waals surface area (Å²) < 4.78 is 5.80. The van der Waals surface area contributed by atoms with E-state index in [1.807, 2.05) is 24.3 Å². The molecule has 1 amide bonds. The molecule has 1 aliphatic rings. The Morgan fingerprint density at radius 3 is 2.68 bits per heavy atom. The Bertz CT molecular complexity index is 706. The number of hydrogen-bond acceptors (Lipinski definition) is 2. The lowest BCUT2D eigenvalue weighted by atomic mass is 9.91. The van der Waals surface area contributed by atoms with Crippen molar-refractivity contribution >= 4 is 11.6 Å². The second-order valence-corrected chi connectivity index (χ2v) is 6.74. The second-order valence-electron chi connectivity index (χ2n) is 6.74. The highest BCUT2D eigenvalue weighted by Crippen LogP contribution is 2.29. The van der Waals surface area contributed by atoms with Crippen LogP contribution in [0.15, 0.2) is 42.5 Å². The Labute approximate surface area is 150 Å². The van der Waals surface area contributed by atoms with Gasteiger partial charge in [-0.1, -0.05) is 37.6 Å². The Kier molecular flexibility index (Phi) is 6.10. The molecule has 0 fully saturated rings. The van der Waals surface area contributed by atoms with Crippen molar-refractivity contribution in [2.45, 2.75) is 51.9 Å². The number of carbonyl (C=O) groups is 1. The van der Waals surface area contributed by atoms with Crippen LogP contribution in [0, 0.1) is 0 Å². The first-order valence-corrected chi connectivity index (χ1v) is 9.38. The fourth-order valence-electron chi connectivity index (χ4n) is 3.36. The van der Waals surface area contributed by atoms with E-state index in [0.717, 1.165) is 30.7 Å². The zero-order valence-corrected chi connectivity index (χ0v) is 15.0. The number of anilines is 1. The van der Waals surface area contributed by atoms with Crippen LogP contribution in [-0.4, -0.2) is 12.5 Å². The number of unbranched alkanes of at least 4 members (excludes halogenated alkanes) is 1. The number of fused-ring (bicyclic) bond motifs is 1. The van der Waals surface area contributed by atoms with E-state index in [1.165, 1.54) is 42.4 Å². The topological polar surface area (TPSA) is 38.3 Å². The van der Waals surface area contributed by atoms with E-state index in [4.69, 9.17) is 4.74 Å². The molecule has 0 radical (unpaired) electrons. The summed E-state index contributed by atoms with van der Waals surface area (Å²) in [6.07, 6.45) is 8.08. The third-order valence-electron chi connectivity index (χ3n) is 4.77. The van der Waals surface area contributed by atoms with Crippen LogP contribution in [0.1, 0.15) is 49.3 Å². The molecular formula is C22H27NO2. The molecular weight excluding hydrogens is 310 g/mol. The minimum Gasteiger partial charge on any atom is -0.483 e. The number of rotatable bonds is 7. The summed E-state index contributed by atoms with van der Waals surface area (Å²) in [5.41, 5.74) is 4.78. The SMILES string of the molecule is CCCCc1ccc(NC(=O)COc2cccc3c2CCCC3)cc1. The number of hydrogen-bond donors (Lipinski definition) is 1. The standard InChI is InChI=1S/C22H27NO2/c1-2-3-7-17-12-14-19(15-13-17)23-22(24)16-25-21-11-6-9-18-8-4-5-10-20(18)21/h6,9,11-15H,2-5,7-8,10,16H2,1H3,(H,23,24). The molecule has 0 heterocycles. The lowest BCUT2D eigenvalue weighted by Gasteiger charge is -2.19. The molecule has 0 aliphatic heterocycles. The molecule has 1 N–H and O–H groups in total. The van der Waals surface area contributed by atoms with Gasteiger partial charge in [0.15, 0.2) is 6.61 Å². The Morgan fingerprint density at radius 1 is 1.08 bits per heavy atom. The molecule has 0 spiro atoms. The van der Waals surface area contributed by atoms with Gasteiger partial charge in [0.05, 0.1) is 0 Å². The van der Waals surface area contributed by atoms with E-state index in [2.05, 4.69) is 30.4 Å². The quantitative estimate of drug-likeness (QED) is 0.778. The van der Waals surface area contributed by atoms with Crippen molar-refractivity contribution < 1.29 is 9.53 Å². The van der Waals surface area contributed by atoms with E-state index in [0.29, 0.717) is 0 Å². The molecule has 3 nitrogen and oxygen atoms in total. The van der Waals surface area contributed by atoms with Crippen molar-refractivity contribution in [2.75, 3.05) is 11.9 Å². The molecule has 0 unspecified atom stereocenters. The summed E-state index contributed by atoms with van der Waals surface area (Å²) in [6.45, 7) is 2.24. The van der Waals surface area contributed by atoms with Gasteiger partial charge < -0.3 is 10.1 Å². The average molecular weight is 337 g/mol. The summed E-state index contributed by atoms with van der Waals surface area (Å²) in [5.74, 6) is 0.747. The highest BCUT2D eigenvalue weighted by molar-refractivity contribution is 5.91. The van der Waals surface area contributed by atoms with Crippen molar-refractivity contribution in [1.82, 2.24) is 0 Å². The van der Waals surface area contributed by atoms with Crippen LogP contribution in [0.4, 0.5) is 5.69 Å². The van der Waals surface area contributed by atoms with Crippen molar-refractivity contribution in [3.8, 4) is 5.75 Å². The molecule has 3 heteroatoms. The first-order valence-electron chi connectivity index (χ1n) is 9.38. The van der Waals surface area contributed by atoms with E-state index in [9.17, 15) is 4.79 Å². The van der Waals surface area contributed by atoms with E-state index in [1.54, 1.807) is 0 Å². The summed E-state index contributed by atoms with van der Waals surface area (Å²) in [7, 11) is 0. The van der Waals surface area contributed by atoms with Crippen LogP contribution in [0.5, 0.6) is 5.75 Å². The van der Waals surface area contributed by atoms with Gasteiger partial charge in [-0.15, -0.1) is 0 Å². The predicted octanol–water partition coefficient (Wildman–Crippen LogP) is 4.93. The minimum atomic E-state index is -0.116. The molecule has 0 bridgehead atoms. The molecule has 1 aliphatic carbocycles. The van der Waals surface area contributed by atoms with Crippen LogP contribution in [0.2, 0.25) is 0 Å². The first kappa shape index (κ1) is 17.5. The third-order valence-corrected chi connectivity index (χ3v) is 4.77. The maximum Gasteiger partial charge on any atom is 0.262 e. The van der Waals surface area contributed by atoms with Gasteiger partial charge in [-0.25, -0.2) is 0 Å². The maximum atomic E-state index is 12.2. The summed E-state index contributed by atoms with van der Waals surface area (Å²) in [6, 6.07) is 14.3. The molecule has 2 aromatic carbocycles. The molecule has 0 saturated carbocycles. The lowest BCUT2D eigenvalue weighted by molar-refractivity contribution is -0.118. The number of benzene rings is 2. The maximum absolute atomic E-state index is 12.2. The smallest absolute Gasteiger partial charge is 0.262 e. The van der Waals surface area contributed by atoms with Gasteiger partial charge in [0.25, 0.3) is 5.91 Å². The van der Waals surface area contributed by atoms with Gasteiger partial charge in [0, 0.05) is 5.69 Å². The Morgan fingerprint density at radius 2 is 1.88 bits per heavy atom. The fourth-order valence-corrected chi connectivity index (χ4v) is 3.36. The largest absolute Gasteiger partial charge is 0.483 e. The van der Waals surface area contributed by atoms with Crippen LogP contribution in [0.25, 0.3) is 0 Å². The summed E-state index contributed by atoms with van der Waals surface area (Å²) in [4.78, 5) is 12.2. The van der Waals surface area contributed by atoms with Gasteiger partial charge >= 0.3 is 0 Å². The summed E-state index contributed by atoms with van der Waals surface area (Å²) >= 11 is 0. The summed E-state index contributed by atoms with van der Waals surface area (Å²) in [5, 5.41) is 2.91. The van der Waals surface area contributed by atoms with Gasteiger partial charge in [-0.2, -0.15) is 0 Å². The number of nitrogens with one attached hydrogen (secondary N) is 1. The van der Waals surface area contributed by atoms with Crippen LogP contribution in [-0.2, 0) is 24.1 Å². The molecule has 0 atom stereocenters. The van der Waals surface area contributed by atoms with E-state index in [-0.39, 0.29) is 12.5 Å². The first-order chi connectivity index (χ1) is 12.3. The minimum absolute atomic E-state index is 0.0496. The molecule has 2 aromatic rings. The van der Waals surface area contributed by atoms with Gasteiger partial charge in [0.2, 0.25) is 0 Å². The van der Waals surface area contributed by atoms with Crippen molar-refractivity contribution in [3.63, 3.8) is 0 Å². The molecule has 0 aromatic heterocycles. The van der Waals surface area contributed by atoms with Gasteiger partial charge in [0.1, 0.15) is 5.75 Å². The van der Waals surface area contributed by atoms with Gasteiger partial charge in [-0.3, -0.25) is 4.79 Å². The highest BCUT2D eigenvalue weighted by Gasteiger charge is 2.14. The molecule has 25 heavy (non-hydrogen) atoms. The highest BCUT2D eigenvalue weighted by atomic mass is 16.5. The van der Waals surface area contributed by atoms with E-state index < -0.39 is 0 Å². The van der Waals surface area contributed by atoms with Crippen molar-refractivity contribution in [2.24, 2.45) is 0 Å². The van der Waals surface area contributed by atoms with Crippen LogP contribution >= 0.6 is 0 Å². The number of carbonyl (C=O) groups excluding carboxylic acids is 1. The molecule has 0 saturated heterocycles. The van der Waals surface area contributed by atoms with Crippen LogP contribution in [0.3, 0.4) is 0 Å². The van der Waals surface area contributed by atoms with Crippen molar-refractivity contribution in [3.05, 3.63) is 59.2 Å². The predicted molar refractivity (Wildman–Crippen MR) is 102 cm³/mol. The lowest BCUT2D eigenvalue weighted by Crippen LogP contribution is -2.21. The Balaban J connectivity index is 1.53. The number of aryl methyl sites for hydroxylation is 2. The van der Waals surface area contributed by atoms with Crippen molar-refractivity contribution in [1.29, 1.82) is 0 Å². The molecule has 3 rings (SSSR count). The van der Waals surface area contributed by atoms with E-state index >= 15 is 0 Å². The third kappa shape index (κ3) is 4.85. The van der Waals surface area contributed by atoms with Gasteiger partial charge in [-0.05, 0) is 73.4 Å². The monoisotopic (exact) mass is 337 g/mol. The number of ether oxygens (including phenoxy) is 1. The normalized spacial score (nSPS) is 13.2. The number of amides is 1.